The van der Waals surface area contributed by atoms with E-state index in [1.165, 1.54) is 0 Å². The molecule has 0 aliphatic heterocycles. The minimum atomic E-state index is 0.0348. The highest BCUT2D eigenvalue weighted by Crippen LogP contribution is 2.22. The van der Waals surface area contributed by atoms with E-state index < -0.39 is 0 Å². The van der Waals surface area contributed by atoms with E-state index >= 15 is 0 Å². The minimum Gasteiger partial charge on any atom is -0.361 e. The van der Waals surface area contributed by atoms with E-state index in [0.717, 1.165) is 5.56 Å². The standard InChI is InChI=1S/C16H20O/c1-5-15(16(2,3)4)17-13-9-12-14-10-7-6-8-11-14/h5-8,10-11,15H,1,13H2,2-4H3. The van der Waals surface area contributed by atoms with Crippen molar-refractivity contribution < 1.29 is 4.74 Å². The van der Waals surface area contributed by atoms with Crippen LogP contribution < -0.4 is 0 Å². The summed E-state index contributed by atoms with van der Waals surface area (Å²) in [5.74, 6) is 6.08. The molecule has 0 fully saturated rings. The SMILES string of the molecule is C=CC(OCC#Cc1ccccc1)C(C)(C)C. The summed E-state index contributed by atoms with van der Waals surface area (Å²) >= 11 is 0. The number of hydrogen-bond acceptors (Lipinski definition) is 1. The van der Waals surface area contributed by atoms with Crippen LogP contribution in [0.15, 0.2) is 43.0 Å². The summed E-state index contributed by atoms with van der Waals surface area (Å²) < 4.78 is 5.69. The fourth-order valence-corrected chi connectivity index (χ4v) is 1.46. The molecule has 0 aliphatic rings. The number of hydrogen-bond donors (Lipinski definition) is 0. The predicted octanol–water partition coefficient (Wildman–Crippen LogP) is 3.66. The molecule has 90 valence electrons. The van der Waals surface area contributed by atoms with Gasteiger partial charge in [-0.15, -0.1) is 6.58 Å². The van der Waals surface area contributed by atoms with Gasteiger partial charge >= 0.3 is 0 Å². The molecule has 0 radical (unpaired) electrons. The average molecular weight is 228 g/mol. The van der Waals surface area contributed by atoms with E-state index in [-0.39, 0.29) is 11.5 Å². The van der Waals surface area contributed by atoms with E-state index in [1.807, 2.05) is 36.4 Å². The Kier molecular flexibility index (Phi) is 5.00. The van der Waals surface area contributed by atoms with E-state index in [0.29, 0.717) is 6.61 Å². The lowest BCUT2D eigenvalue weighted by atomic mass is 9.89. The fraction of sp³-hybridized carbons (Fsp3) is 0.375. The molecule has 1 aromatic rings. The summed E-state index contributed by atoms with van der Waals surface area (Å²) in [4.78, 5) is 0. The lowest BCUT2D eigenvalue weighted by Crippen LogP contribution is -2.27. The van der Waals surface area contributed by atoms with Crippen LogP contribution in [0.4, 0.5) is 0 Å². The second-order valence-corrected chi connectivity index (χ2v) is 5.00. The Bertz CT molecular complexity index is 401. The van der Waals surface area contributed by atoms with Crippen molar-refractivity contribution in [3.05, 3.63) is 48.6 Å². The molecule has 1 nitrogen and oxygen atoms in total. The van der Waals surface area contributed by atoms with Crippen molar-refractivity contribution in [3.8, 4) is 11.8 Å². The Hall–Kier alpha value is -1.52. The van der Waals surface area contributed by atoms with Gasteiger partial charge in [-0.3, -0.25) is 0 Å². The van der Waals surface area contributed by atoms with Gasteiger partial charge in [0.15, 0.2) is 0 Å². The van der Waals surface area contributed by atoms with Gasteiger partial charge in [0.25, 0.3) is 0 Å². The summed E-state index contributed by atoms with van der Waals surface area (Å²) in [5.41, 5.74) is 1.08. The first kappa shape index (κ1) is 13.5. The predicted molar refractivity (Wildman–Crippen MR) is 72.7 cm³/mol. The zero-order valence-corrected chi connectivity index (χ0v) is 10.9. The van der Waals surface area contributed by atoms with Crippen molar-refractivity contribution in [1.82, 2.24) is 0 Å². The third-order valence-electron chi connectivity index (χ3n) is 2.41. The largest absolute Gasteiger partial charge is 0.361 e. The van der Waals surface area contributed by atoms with Gasteiger partial charge in [0.2, 0.25) is 0 Å². The zero-order valence-electron chi connectivity index (χ0n) is 10.9. The fourth-order valence-electron chi connectivity index (χ4n) is 1.46. The van der Waals surface area contributed by atoms with Crippen molar-refractivity contribution >= 4 is 0 Å². The molecule has 0 aliphatic carbocycles. The van der Waals surface area contributed by atoms with Crippen molar-refractivity contribution in [2.24, 2.45) is 5.41 Å². The Morgan fingerprint density at radius 3 is 2.47 bits per heavy atom. The summed E-state index contributed by atoms with van der Waals surface area (Å²) in [7, 11) is 0. The van der Waals surface area contributed by atoms with Gasteiger partial charge in [-0.05, 0) is 17.5 Å². The van der Waals surface area contributed by atoms with Crippen LogP contribution >= 0.6 is 0 Å². The highest BCUT2D eigenvalue weighted by molar-refractivity contribution is 5.33. The second-order valence-electron chi connectivity index (χ2n) is 5.00. The Labute approximate surface area is 105 Å². The van der Waals surface area contributed by atoms with Crippen LogP contribution in [-0.2, 0) is 4.74 Å². The Balaban J connectivity index is 2.48. The molecular formula is C16H20O. The van der Waals surface area contributed by atoms with Crippen LogP contribution in [0.25, 0.3) is 0 Å². The monoisotopic (exact) mass is 228 g/mol. The van der Waals surface area contributed by atoms with Crippen LogP contribution in [0.2, 0.25) is 0 Å². The summed E-state index contributed by atoms with van der Waals surface area (Å²) in [6.45, 7) is 10.6. The molecule has 0 aromatic heterocycles. The topological polar surface area (TPSA) is 9.23 Å². The van der Waals surface area contributed by atoms with Gasteiger partial charge in [-0.2, -0.15) is 0 Å². The molecule has 1 unspecified atom stereocenters. The molecule has 0 bridgehead atoms. The maximum Gasteiger partial charge on any atom is 0.108 e. The van der Waals surface area contributed by atoms with Gasteiger partial charge in [0.1, 0.15) is 6.61 Å². The van der Waals surface area contributed by atoms with Gasteiger partial charge in [-0.25, -0.2) is 0 Å². The summed E-state index contributed by atoms with van der Waals surface area (Å²) in [6, 6.07) is 9.91. The van der Waals surface area contributed by atoms with Gasteiger partial charge < -0.3 is 4.74 Å². The molecule has 0 saturated carbocycles. The Morgan fingerprint density at radius 2 is 1.94 bits per heavy atom. The highest BCUT2D eigenvalue weighted by Gasteiger charge is 2.21. The molecule has 1 aromatic carbocycles. The van der Waals surface area contributed by atoms with Crippen molar-refractivity contribution in [1.29, 1.82) is 0 Å². The molecule has 0 heterocycles. The van der Waals surface area contributed by atoms with Gasteiger partial charge in [0, 0.05) is 5.56 Å². The van der Waals surface area contributed by atoms with Crippen LogP contribution in [0.1, 0.15) is 26.3 Å². The van der Waals surface area contributed by atoms with E-state index in [2.05, 4.69) is 39.2 Å². The molecule has 0 spiro atoms. The second kappa shape index (κ2) is 6.27. The van der Waals surface area contributed by atoms with Crippen molar-refractivity contribution in [3.63, 3.8) is 0 Å². The smallest absolute Gasteiger partial charge is 0.108 e. The normalized spacial score (nSPS) is 12.4. The first-order valence-corrected chi connectivity index (χ1v) is 5.82. The number of rotatable bonds is 3. The molecule has 0 amide bonds. The van der Waals surface area contributed by atoms with Crippen LogP contribution in [0.5, 0.6) is 0 Å². The first-order chi connectivity index (χ1) is 8.04. The van der Waals surface area contributed by atoms with Crippen molar-refractivity contribution in [2.45, 2.75) is 26.9 Å². The average Bonchev–Trinajstić information content (AvgIpc) is 2.28. The molecular weight excluding hydrogens is 208 g/mol. The van der Waals surface area contributed by atoms with Gasteiger partial charge in [-0.1, -0.05) is 56.9 Å². The highest BCUT2D eigenvalue weighted by atomic mass is 16.5. The third-order valence-corrected chi connectivity index (χ3v) is 2.41. The van der Waals surface area contributed by atoms with E-state index in [1.54, 1.807) is 0 Å². The number of benzene rings is 1. The maximum atomic E-state index is 5.69. The Morgan fingerprint density at radius 1 is 1.29 bits per heavy atom. The molecule has 1 heteroatoms. The molecule has 0 saturated heterocycles. The first-order valence-electron chi connectivity index (χ1n) is 5.82. The molecule has 17 heavy (non-hydrogen) atoms. The molecule has 1 atom stereocenters. The molecule has 1 rings (SSSR count). The maximum absolute atomic E-state index is 5.69. The summed E-state index contributed by atoms with van der Waals surface area (Å²) in [6.07, 6.45) is 1.87. The molecule has 0 N–H and O–H groups in total. The minimum absolute atomic E-state index is 0.0348. The summed E-state index contributed by atoms with van der Waals surface area (Å²) in [5, 5.41) is 0. The third kappa shape index (κ3) is 4.89. The lowest BCUT2D eigenvalue weighted by molar-refractivity contribution is 0.0345. The zero-order chi connectivity index (χ0) is 12.7. The van der Waals surface area contributed by atoms with E-state index in [4.69, 9.17) is 4.74 Å². The van der Waals surface area contributed by atoms with E-state index in [9.17, 15) is 0 Å². The van der Waals surface area contributed by atoms with Crippen molar-refractivity contribution in [2.75, 3.05) is 6.61 Å². The van der Waals surface area contributed by atoms with Crippen LogP contribution in [0.3, 0.4) is 0 Å². The van der Waals surface area contributed by atoms with Crippen LogP contribution in [0, 0.1) is 17.3 Å². The van der Waals surface area contributed by atoms with Crippen LogP contribution in [-0.4, -0.2) is 12.7 Å². The lowest BCUT2D eigenvalue weighted by Gasteiger charge is -2.26. The van der Waals surface area contributed by atoms with Gasteiger partial charge in [0.05, 0.1) is 6.10 Å². The number of ether oxygens (including phenoxy) is 1. The quantitative estimate of drug-likeness (QED) is 0.566.